The van der Waals surface area contributed by atoms with Crippen molar-refractivity contribution in [2.75, 3.05) is 12.8 Å². The van der Waals surface area contributed by atoms with Gasteiger partial charge in [-0.25, -0.2) is 9.78 Å². The van der Waals surface area contributed by atoms with Crippen LogP contribution >= 0.6 is 11.3 Å². The van der Waals surface area contributed by atoms with Gasteiger partial charge in [0.2, 0.25) is 0 Å². The molecule has 0 unspecified atom stereocenters. The highest BCUT2D eigenvalue weighted by Crippen LogP contribution is 2.23. The van der Waals surface area contributed by atoms with Gasteiger partial charge in [-0.2, -0.15) is 0 Å². The van der Waals surface area contributed by atoms with Crippen molar-refractivity contribution in [1.29, 1.82) is 0 Å². The Morgan fingerprint density at radius 2 is 2.27 bits per heavy atom. The summed E-state index contributed by atoms with van der Waals surface area (Å²) in [5.41, 5.74) is 5.94. The number of nitrogen functional groups attached to an aromatic ring is 1. The summed E-state index contributed by atoms with van der Waals surface area (Å²) in [5, 5.41) is 1.37. The van der Waals surface area contributed by atoms with Crippen molar-refractivity contribution in [3.63, 3.8) is 0 Å². The first-order chi connectivity index (χ1) is 7.19. The van der Waals surface area contributed by atoms with Crippen LogP contribution in [0.25, 0.3) is 0 Å². The number of esters is 1. The molecule has 0 spiro atoms. The third-order valence-electron chi connectivity index (χ3n) is 2.07. The third-order valence-corrected chi connectivity index (χ3v) is 3.01. The first kappa shape index (κ1) is 12.0. The van der Waals surface area contributed by atoms with Crippen molar-refractivity contribution >= 4 is 22.3 Å². The summed E-state index contributed by atoms with van der Waals surface area (Å²) in [6.45, 7) is 2.15. The molecule has 0 bridgehead atoms. The molecular formula is C10H16N2O2S. The lowest BCUT2D eigenvalue weighted by Gasteiger charge is -1.94. The zero-order valence-electron chi connectivity index (χ0n) is 9.08. The second-order valence-electron chi connectivity index (χ2n) is 3.27. The van der Waals surface area contributed by atoms with E-state index in [2.05, 4.69) is 16.6 Å². The Kier molecular flexibility index (Phi) is 4.55. The number of carbonyl (C=O) groups is 1. The van der Waals surface area contributed by atoms with E-state index in [1.54, 1.807) is 0 Å². The predicted molar refractivity (Wildman–Crippen MR) is 61.1 cm³/mol. The van der Waals surface area contributed by atoms with Crippen LogP contribution in [0, 0.1) is 0 Å². The van der Waals surface area contributed by atoms with Gasteiger partial charge in [0.1, 0.15) is 5.00 Å². The maximum absolute atomic E-state index is 11.2. The summed E-state index contributed by atoms with van der Waals surface area (Å²) in [6.07, 6.45) is 4.32. The molecule has 1 aromatic rings. The van der Waals surface area contributed by atoms with E-state index in [9.17, 15) is 4.79 Å². The molecule has 0 amide bonds. The second-order valence-corrected chi connectivity index (χ2v) is 4.38. The number of aromatic nitrogens is 1. The van der Waals surface area contributed by atoms with E-state index in [-0.39, 0.29) is 5.69 Å². The van der Waals surface area contributed by atoms with E-state index < -0.39 is 5.97 Å². The molecule has 15 heavy (non-hydrogen) atoms. The number of rotatable bonds is 5. The SMILES string of the molecule is CCCCCc1nc(C(=O)OC)c(N)s1. The van der Waals surface area contributed by atoms with Gasteiger partial charge in [0, 0.05) is 0 Å². The monoisotopic (exact) mass is 228 g/mol. The van der Waals surface area contributed by atoms with Crippen molar-refractivity contribution in [3.8, 4) is 0 Å². The van der Waals surface area contributed by atoms with E-state index >= 15 is 0 Å². The van der Waals surface area contributed by atoms with E-state index in [0.29, 0.717) is 5.00 Å². The number of carbonyl (C=O) groups excluding carboxylic acids is 1. The normalized spacial score (nSPS) is 10.3. The fourth-order valence-corrected chi connectivity index (χ4v) is 2.12. The molecule has 0 aliphatic heterocycles. The number of anilines is 1. The maximum atomic E-state index is 11.2. The fraction of sp³-hybridized carbons (Fsp3) is 0.600. The molecule has 0 fully saturated rings. The summed E-state index contributed by atoms with van der Waals surface area (Å²) in [5.74, 6) is -0.453. The number of ether oxygens (including phenoxy) is 1. The number of methoxy groups -OCH3 is 1. The van der Waals surface area contributed by atoms with Crippen molar-refractivity contribution in [2.24, 2.45) is 0 Å². The molecule has 0 aromatic carbocycles. The van der Waals surface area contributed by atoms with Gasteiger partial charge in [-0.15, -0.1) is 11.3 Å². The molecule has 1 heterocycles. The molecule has 0 saturated heterocycles. The average Bonchev–Trinajstić information content (AvgIpc) is 2.59. The van der Waals surface area contributed by atoms with Crippen LogP contribution in [0.4, 0.5) is 5.00 Å². The molecule has 84 valence electrons. The van der Waals surface area contributed by atoms with Gasteiger partial charge in [-0.3, -0.25) is 0 Å². The topological polar surface area (TPSA) is 65.2 Å². The van der Waals surface area contributed by atoms with Crippen LogP contribution < -0.4 is 5.73 Å². The Hall–Kier alpha value is -1.10. The zero-order valence-corrected chi connectivity index (χ0v) is 9.89. The molecule has 0 radical (unpaired) electrons. The molecule has 0 saturated carbocycles. The van der Waals surface area contributed by atoms with Crippen molar-refractivity contribution in [2.45, 2.75) is 32.6 Å². The highest BCUT2D eigenvalue weighted by Gasteiger charge is 2.15. The molecule has 1 rings (SSSR count). The Balaban J connectivity index is 2.64. The Labute approximate surface area is 93.5 Å². The van der Waals surface area contributed by atoms with E-state index in [1.807, 2.05) is 0 Å². The molecule has 0 aliphatic carbocycles. The predicted octanol–water partition coefficient (Wildman–Crippen LogP) is 2.24. The Morgan fingerprint density at radius 3 is 2.87 bits per heavy atom. The number of hydrogen-bond acceptors (Lipinski definition) is 5. The van der Waals surface area contributed by atoms with Crippen molar-refractivity contribution < 1.29 is 9.53 Å². The minimum atomic E-state index is -0.453. The van der Waals surface area contributed by atoms with Crippen LogP contribution in [0.5, 0.6) is 0 Å². The van der Waals surface area contributed by atoms with Gasteiger partial charge in [0.05, 0.1) is 12.1 Å². The average molecular weight is 228 g/mol. The Morgan fingerprint density at radius 1 is 1.53 bits per heavy atom. The Bertz CT molecular complexity index is 336. The van der Waals surface area contributed by atoms with E-state index in [1.165, 1.54) is 31.3 Å². The first-order valence-electron chi connectivity index (χ1n) is 5.02. The summed E-state index contributed by atoms with van der Waals surface area (Å²) >= 11 is 1.37. The van der Waals surface area contributed by atoms with Crippen LogP contribution in [0.1, 0.15) is 41.7 Å². The third kappa shape index (κ3) is 3.20. The molecular weight excluding hydrogens is 212 g/mol. The van der Waals surface area contributed by atoms with Gasteiger partial charge in [-0.1, -0.05) is 19.8 Å². The lowest BCUT2D eigenvalue weighted by atomic mass is 10.2. The number of hydrogen-bond donors (Lipinski definition) is 1. The summed E-state index contributed by atoms with van der Waals surface area (Å²) < 4.78 is 4.58. The van der Waals surface area contributed by atoms with Crippen LogP contribution in [0.2, 0.25) is 0 Å². The zero-order chi connectivity index (χ0) is 11.3. The summed E-state index contributed by atoms with van der Waals surface area (Å²) in [7, 11) is 1.33. The van der Waals surface area contributed by atoms with Crippen LogP contribution in [0.15, 0.2) is 0 Å². The highest BCUT2D eigenvalue weighted by atomic mass is 32.1. The summed E-state index contributed by atoms with van der Waals surface area (Å²) in [6, 6.07) is 0. The van der Waals surface area contributed by atoms with Gasteiger partial charge >= 0.3 is 5.97 Å². The van der Waals surface area contributed by atoms with Gasteiger partial charge in [-0.05, 0) is 12.8 Å². The maximum Gasteiger partial charge on any atom is 0.359 e. The largest absolute Gasteiger partial charge is 0.464 e. The highest BCUT2D eigenvalue weighted by molar-refractivity contribution is 7.15. The fourth-order valence-electron chi connectivity index (χ4n) is 1.25. The van der Waals surface area contributed by atoms with E-state index in [0.717, 1.165) is 17.8 Å². The van der Waals surface area contributed by atoms with Crippen molar-refractivity contribution in [3.05, 3.63) is 10.7 Å². The minimum absolute atomic E-state index is 0.258. The van der Waals surface area contributed by atoms with E-state index in [4.69, 9.17) is 5.73 Å². The molecule has 2 N–H and O–H groups in total. The van der Waals surface area contributed by atoms with Crippen LogP contribution in [0.3, 0.4) is 0 Å². The van der Waals surface area contributed by atoms with Gasteiger partial charge in [0.15, 0.2) is 5.69 Å². The number of unbranched alkanes of at least 4 members (excludes halogenated alkanes) is 2. The number of nitrogens with zero attached hydrogens (tertiary/aromatic N) is 1. The van der Waals surface area contributed by atoms with Crippen LogP contribution in [-0.4, -0.2) is 18.1 Å². The quantitative estimate of drug-likeness (QED) is 0.620. The standard InChI is InChI=1S/C10H16N2O2S/c1-3-4-5-6-7-12-8(9(11)15-7)10(13)14-2/h3-6,11H2,1-2H3. The smallest absolute Gasteiger partial charge is 0.359 e. The lowest BCUT2D eigenvalue weighted by molar-refractivity contribution is 0.0596. The number of nitrogens with two attached hydrogens (primary N) is 1. The van der Waals surface area contributed by atoms with Crippen LogP contribution in [-0.2, 0) is 11.2 Å². The number of thiazole rings is 1. The molecule has 0 atom stereocenters. The van der Waals surface area contributed by atoms with Crippen molar-refractivity contribution in [1.82, 2.24) is 4.98 Å². The molecule has 0 aliphatic rings. The molecule has 1 aromatic heterocycles. The second kappa shape index (κ2) is 5.70. The minimum Gasteiger partial charge on any atom is -0.464 e. The molecule has 5 heteroatoms. The van der Waals surface area contributed by atoms with Gasteiger partial charge in [0.25, 0.3) is 0 Å². The first-order valence-corrected chi connectivity index (χ1v) is 5.84. The molecule has 4 nitrogen and oxygen atoms in total. The van der Waals surface area contributed by atoms with Gasteiger partial charge < -0.3 is 10.5 Å². The lowest BCUT2D eigenvalue weighted by Crippen LogP contribution is -2.04. The number of aryl methyl sites for hydroxylation is 1. The summed E-state index contributed by atoms with van der Waals surface area (Å²) in [4.78, 5) is 15.4.